The van der Waals surface area contributed by atoms with Crippen molar-refractivity contribution in [3.8, 4) is 0 Å². The van der Waals surface area contributed by atoms with E-state index >= 15 is 0 Å². The number of carbonyl (C=O) groups excluding carboxylic acids is 1. The highest BCUT2D eigenvalue weighted by molar-refractivity contribution is 6.04. The molecule has 1 saturated heterocycles. The first-order valence-corrected chi connectivity index (χ1v) is 9.04. The number of carbonyl (C=O) groups is 1. The number of aromatic nitrogens is 2. The Balaban J connectivity index is 1.77. The number of piperidine rings is 1. The van der Waals surface area contributed by atoms with Gasteiger partial charge in [-0.25, -0.2) is 9.97 Å². The summed E-state index contributed by atoms with van der Waals surface area (Å²) >= 11 is 0. The third-order valence-corrected chi connectivity index (χ3v) is 4.71. The fourth-order valence-corrected chi connectivity index (χ4v) is 3.37. The van der Waals surface area contributed by atoms with Crippen LogP contribution in [0.3, 0.4) is 0 Å². The number of hydrogen-bond donors (Lipinski definition) is 0. The van der Waals surface area contributed by atoms with Crippen LogP contribution in [0.1, 0.15) is 42.7 Å². The zero-order valence-corrected chi connectivity index (χ0v) is 15.3. The SMILES string of the molecule is CCN(C(=O)c1cnc(N2CCCC(C)C2)cn1)c1cccc(C)c1. The molecule has 25 heavy (non-hydrogen) atoms. The van der Waals surface area contributed by atoms with Gasteiger partial charge in [-0.15, -0.1) is 0 Å². The summed E-state index contributed by atoms with van der Waals surface area (Å²) in [6.45, 7) is 8.87. The number of nitrogens with zero attached hydrogens (tertiary/aromatic N) is 4. The second-order valence-electron chi connectivity index (χ2n) is 6.84. The first-order valence-electron chi connectivity index (χ1n) is 9.04. The Morgan fingerprint density at radius 2 is 2.16 bits per heavy atom. The summed E-state index contributed by atoms with van der Waals surface area (Å²) in [4.78, 5) is 25.7. The van der Waals surface area contributed by atoms with Crippen LogP contribution in [-0.2, 0) is 0 Å². The van der Waals surface area contributed by atoms with Gasteiger partial charge in [-0.1, -0.05) is 19.1 Å². The third-order valence-electron chi connectivity index (χ3n) is 4.71. The first-order chi connectivity index (χ1) is 12.1. The Morgan fingerprint density at radius 3 is 2.80 bits per heavy atom. The van der Waals surface area contributed by atoms with Crippen LogP contribution in [0.2, 0.25) is 0 Å². The lowest BCUT2D eigenvalue weighted by Crippen LogP contribution is -2.35. The molecule has 0 bridgehead atoms. The molecule has 0 saturated carbocycles. The summed E-state index contributed by atoms with van der Waals surface area (Å²) in [6.07, 6.45) is 5.79. The number of aryl methyl sites for hydroxylation is 1. The second kappa shape index (κ2) is 7.64. The lowest BCUT2D eigenvalue weighted by Gasteiger charge is -2.31. The molecule has 0 N–H and O–H groups in total. The van der Waals surface area contributed by atoms with Crippen molar-refractivity contribution in [1.82, 2.24) is 9.97 Å². The zero-order chi connectivity index (χ0) is 17.8. The largest absolute Gasteiger partial charge is 0.355 e. The van der Waals surface area contributed by atoms with Gasteiger partial charge in [-0.05, 0) is 50.3 Å². The minimum absolute atomic E-state index is 0.112. The molecule has 132 valence electrons. The van der Waals surface area contributed by atoms with Crippen LogP contribution in [-0.4, -0.2) is 35.5 Å². The van der Waals surface area contributed by atoms with Gasteiger partial charge in [0.05, 0.1) is 12.4 Å². The molecule has 5 nitrogen and oxygen atoms in total. The summed E-state index contributed by atoms with van der Waals surface area (Å²) in [5.74, 6) is 1.43. The number of amides is 1. The van der Waals surface area contributed by atoms with Crippen molar-refractivity contribution in [2.75, 3.05) is 29.4 Å². The minimum atomic E-state index is -0.112. The van der Waals surface area contributed by atoms with E-state index in [-0.39, 0.29) is 5.91 Å². The van der Waals surface area contributed by atoms with E-state index in [4.69, 9.17) is 0 Å². The molecular formula is C20H26N4O. The predicted octanol–water partition coefficient (Wildman–Crippen LogP) is 3.69. The average Bonchev–Trinajstić information content (AvgIpc) is 2.62. The normalized spacial score (nSPS) is 17.4. The van der Waals surface area contributed by atoms with Crippen molar-refractivity contribution in [2.24, 2.45) is 5.92 Å². The molecule has 1 aromatic carbocycles. The van der Waals surface area contributed by atoms with Crippen molar-refractivity contribution in [3.63, 3.8) is 0 Å². The summed E-state index contributed by atoms with van der Waals surface area (Å²) in [7, 11) is 0. The molecule has 3 rings (SSSR count). The van der Waals surface area contributed by atoms with Gasteiger partial charge in [0.2, 0.25) is 0 Å². The van der Waals surface area contributed by atoms with E-state index in [1.165, 1.54) is 12.8 Å². The van der Waals surface area contributed by atoms with Gasteiger partial charge in [0, 0.05) is 25.3 Å². The van der Waals surface area contributed by atoms with E-state index in [9.17, 15) is 4.79 Å². The maximum absolute atomic E-state index is 12.8. The highest BCUT2D eigenvalue weighted by atomic mass is 16.2. The van der Waals surface area contributed by atoms with Crippen LogP contribution in [0.25, 0.3) is 0 Å². The van der Waals surface area contributed by atoms with Gasteiger partial charge in [0.1, 0.15) is 11.5 Å². The van der Waals surface area contributed by atoms with Crippen LogP contribution in [0.15, 0.2) is 36.7 Å². The molecule has 0 radical (unpaired) electrons. The fourth-order valence-electron chi connectivity index (χ4n) is 3.37. The maximum atomic E-state index is 12.8. The van der Waals surface area contributed by atoms with Gasteiger partial charge in [0.25, 0.3) is 5.91 Å². The van der Waals surface area contributed by atoms with Crippen LogP contribution in [0.5, 0.6) is 0 Å². The molecule has 5 heteroatoms. The summed E-state index contributed by atoms with van der Waals surface area (Å²) in [6, 6.07) is 7.95. The molecule has 1 aliphatic heterocycles. The summed E-state index contributed by atoms with van der Waals surface area (Å²) < 4.78 is 0. The predicted molar refractivity (Wildman–Crippen MR) is 101 cm³/mol. The third kappa shape index (κ3) is 3.98. The van der Waals surface area contributed by atoms with Crippen molar-refractivity contribution in [3.05, 3.63) is 47.9 Å². The van der Waals surface area contributed by atoms with Crippen molar-refractivity contribution >= 4 is 17.4 Å². The van der Waals surface area contributed by atoms with Crippen LogP contribution in [0, 0.1) is 12.8 Å². The Bertz CT molecular complexity index is 729. The minimum Gasteiger partial charge on any atom is -0.355 e. The zero-order valence-electron chi connectivity index (χ0n) is 15.3. The number of rotatable bonds is 4. The molecule has 2 heterocycles. The summed E-state index contributed by atoms with van der Waals surface area (Å²) in [5, 5.41) is 0. The van der Waals surface area contributed by atoms with E-state index in [0.717, 1.165) is 30.2 Å². The van der Waals surface area contributed by atoms with Gasteiger partial charge >= 0.3 is 0 Å². The van der Waals surface area contributed by atoms with Crippen LogP contribution in [0.4, 0.5) is 11.5 Å². The number of benzene rings is 1. The van der Waals surface area contributed by atoms with E-state index in [1.54, 1.807) is 17.3 Å². The molecule has 1 aromatic heterocycles. The van der Waals surface area contributed by atoms with E-state index in [2.05, 4.69) is 21.8 Å². The van der Waals surface area contributed by atoms with Gasteiger partial charge in [-0.2, -0.15) is 0 Å². The van der Waals surface area contributed by atoms with Gasteiger partial charge in [0.15, 0.2) is 0 Å². The van der Waals surface area contributed by atoms with Crippen molar-refractivity contribution in [2.45, 2.75) is 33.6 Å². The standard InChI is InChI=1S/C20H26N4O/c1-4-24(17-9-5-7-15(2)11-17)20(25)18-12-22-19(13-21-18)23-10-6-8-16(3)14-23/h5,7,9,11-13,16H,4,6,8,10,14H2,1-3H3. The Kier molecular flexibility index (Phi) is 5.31. The second-order valence-corrected chi connectivity index (χ2v) is 6.84. The smallest absolute Gasteiger partial charge is 0.278 e. The van der Waals surface area contributed by atoms with E-state index in [0.29, 0.717) is 18.2 Å². The van der Waals surface area contributed by atoms with E-state index < -0.39 is 0 Å². The molecule has 1 atom stereocenters. The highest BCUT2D eigenvalue weighted by Crippen LogP contribution is 2.21. The van der Waals surface area contributed by atoms with E-state index in [1.807, 2.05) is 38.1 Å². The number of hydrogen-bond acceptors (Lipinski definition) is 4. The molecule has 2 aromatic rings. The Hall–Kier alpha value is -2.43. The molecule has 1 aliphatic rings. The van der Waals surface area contributed by atoms with Gasteiger partial charge < -0.3 is 9.80 Å². The quantitative estimate of drug-likeness (QED) is 0.853. The summed E-state index contributed by atoms with van der Waals surface area (Å²) in [5.41, 5.74) is 2.41. The molecule has 1 unspecified atom stereocenters. The lowest BCUT2D eigenvalue weighted by atomic mass is 10.0. The fraction of sp³-hybridized carbons (Fsp3) is 0.450. The molecule has 0 spiro atoms. The molecular weight excluding hydrogens is 312 g/mol. The van der Waals surface area contributed by atoms with Crippen molar-refractivity contribution < 1.29 is 4.79 Å². The Labute approximate surface area is 149 Å². The molecule has 1 amide bonds. The Morgan fingerprint density at radius 1 is 1.32 bits per heavy atom. The van der Waals surface area contributed by atoms with Crippen molar-refractivity contribution in [1.29, 1.82) is 0 Å². The highest BCUT2D eigenvalue weighted by Gasteiger charge is 2.20. The maximum Gasteiger partial charge on any atom is 0.278 e. The molecule has 0 aliphatic carbocycles. The van der Waals surface area contributed by atoms with Crippen LogP contribution < -0.4 is 9.80 Å². The van der Waals surface area contributed by atoms with Gasteiger partial charge in [-0.3, -0.25) is 4.79 Å². The topological polar surface area (TPSA) is 49.3 Å². The average molecular weight is 338 g/mol. The lowest BCUT2D eigenvalue weighted by molar-refractivity contribution is 0.0983. The van der Waals surface area contributed by atoms with Crippen LogP contribution >= 0.6 is 0 Å². The number of anilines is 2. The first kappa shape index (κ1) is 17.4. The molecule has 1 fully saturated rings. The monoisotopic (exact) mass is 338 g/mol.